The predicted molar refractivity (Wildman–Crippen MR) is 97.4 cm³/mol. The number of rotatable bonds is 7. The van der Waals surface area contributed by atoms with Crippen LogP contribution in [0.3, 0.4) is 0 Å². The number of hydrogen-bond donors (Lipinski definition) is 1. The molecule has 2 rings (SSSR count). The fraction of sp³-hybridized carbons (Fsp3) is 0.562. The van der Waals surface area contributed by atoms with E-state index in [0.29, 0.717) is 39.3 Å². The molecule has 3 amide bonds. The van der Waals surface area contributed by atoms with E-state index >= 15 is 0 Å². The van der Waals surface area contributed by atoms with Gasteiger partial charge in [-0.15, -0.1) is 0 Å². The van der Waals surface area contributed by atoms with Crippen LogP contribution in [0.25, 0.3) is 0 Å². The lowest BCUT2D eigenvalue weighted by Crippen LogP contribution is -2.54. The van der Waals surface area contributed by atoms with Gasteiger partial charge < -0.3 is 14.2 Å². The topological polar surface area (TPSA) is 125 Å². The normalized spacial score (nSPS) is 15.1. The van der Waals surface area contributed by atoms with E-state index in [1.165, 1.54) is 18.3 Å². The SMILES string of the molecule is CCN(CC)C(=O)N1CCN(CC(=O)NN=Cc2ccc([N+](=O)[O-])o2)CC1. The van der Waals surface area contributed by atoms with Gasteiger partial charge in [-0.05, 0) is 19.9 Å². The number of piperazine rings is 1. The molecule has 0 aromatic carbocycles. The van der Waals surface area contributed by atoms with E-state index in [9.17, 15) is 19.7 Å². The van der Waals surface area contributed by atoms with Crippen molar-refractivity contribution in [3.05, 3.63) is 28.0 Å². The molecule has 0 bridgehead atoms. The Labute approximate surface area is 156 Å². The van der Waals surface area contributed by atoms with Crippen LogP contribution in [0, 0.1) is 10.1 Å². The van der Waals surface area contributed by atoms with E-state index in [2.05, 4.69) is 10.5 Å². The number of carbonyl (C=O) groups excluding carboxylic acids is 2. The molecule has 11 nitrogen and oxygen atoms in total. The average Bonchev–Trinajstić information content (AvgIpc) is 3.12. The van der Waals surface area contributed by atoms with Crippen LogP contribution in [0.5, 0.6) is 0 Å². The molecular weight excluding hydrogens is 356 g/mol. The number of carbonyl (C=O) groups is 2. The summed E-state index contributed by atoms with van der Waals surface area (Å²) in [6.07, 6.45) is 1.20. The first kappa shape index (κ1) is 20.4. The molecule has 0 saturated carbocycles. The zero-order valence-corrected chi connectivity index (χ0v) is 15.5. The molecule has 1 fully saturated rings. The van der Waals surface area contributed by atoms with Crippen LogP contribution >= 0.6 is 0 Å². The van der Waals surface area contributed by atoms with Crippen LogP contribution in [0.4, 0.5) is 10.7 Å². The van der Waals surface area contributed by atoms with Crippen LogP contribution in [-0.4, -0.2) is 83.6 Å². The van der Waals surface area contributed by atoms with Crippen LogP contribution in [0.1, 0.15) is 19.6 Å². The molecule has 1 aromatic rings. The third-order valence-corrected chi connectivity index (χ3v) is 4.22. The van der Waals surface area contributed by atoms with Crippen LogP contribution in [0.15, 0.2) is 21.7 Å². The lowest BCUT2D eigenvalue weighted by molar-refractivity contribution is -0.402. The second-order valence-electron chi connectivity index (χ2n) is 5.94. The summed E-state index contributed by atoms with van der Waals surface area (Å²) in [6, 6.07) is 2.63. The molecule has 0 unspecified atom stereocenters. The molecule has 11 heteroatoms. The standard InChI is InChI=1S/C16H24N6O5/c1-3-20(4-2)16(24)21-9-7-19(8-10-21)12-14(23)18-17-11-13-5-6-15(27-13)22(25)26/h5-6,11H,3-4,7-10,12H2,1-2H3,(H,18,23). The molecule has 148 valence electrons. The lowest BCUT2D eigenvalue weighted by Gasteiger charge is -2.36. The summed E-state index contributed by atoms with van der Waals surface area (Å²) in [4.78, 5) is 39.6. The van der Waals surface area contributed by atoms with Crippen molar-refractivity contribution in [2.45, 2.75) is 13.8 Å². The molecule has 0 aliphatic carbocycles. The summed E-state index contributed by atoms with van der Waals surface area (Å²) >= 11 is 0. The Morgan fingerprint density at radius 1 is 1.30 bits per heavy atom. The second kappa shape index (κ2) is 9.67. The Hall–Kier alpha value is -2.95. The second-order valence-corrected chi connectivity index (χ2v) is 5.94. The Balaban J connectivity index is 1.73. The van der Waals surface area contributed by atoms with Crippen molar-refractivity contribution in [1.29, 1.82) is 0 Å². The van der Waals surface area contributed by atoms with Gasteiger partial charge in [0.1, 0.15) is 4.92 Å². The van der Waals surface area contributed by atoms with E-state index in [1.54, 1.807) is 9.80 Å². The van der Waals surface area contributed by atoms with Crippen molar-refractivity contribution in [2.24, 2.45) is 5.10 Å². The largest absolute Gasteiger partial charge is 0.433 e. The van der Waals surface area contributed by atoms with Gasteiger partial charge in [0, 0.05) is 39.3 Å². The minimum absolute atomic E-state index is 0.0289. The monoisotopic (exact) mass is 380 g/mol. The fourth-order valence-electron chi connectivity index (χ4n) is 2.71. The van der Waals surface area contributed by atoms with E-state index in [0.717, 1.165) is 0 Å². The Kier molecular flexibility index (Phi) is 7.29. The third-order valence-electron chi connectivity index (χ3n) is 4.22. The first-order valence-corrected chi connectivity index (χ1v) is 8.76. The van der Waals surface area contributed by atoms with Gasteiger partial charge >= 0.3 is 11.9 Å². The molecule has 1 aliphatic heterocycles. The highest BCUT2D eigenvalue weighted by molar-refractivity contribution is 5.81. The lowest BCUT2D eigenvalue weighted by atomic mass is 10.3. The molecule has 1 saturated heterocycles. The van der Waals surface area contributed by atoms with Crippen LogP contribution < -0.4 is 5.43 Å². The average molecular weight is 380 g/mol. The Morgan fingerprint density at radius 3 is 2.52 bits per heavy atom. The number of nitro groups is 1. The summed E-state index contributed by atoms with van der Waals surface area (Å²) in [5.41, 5.74) is 2.36. The molecule has 1 N–H and O–H groups in total. The van der Waals surface area contributed by atoms with Gasteiger partial charge in [0.25, 0.3) is 5.91 Å². The van der Waals surface area contributed by atoms with Gasteiger partial charge in [-0.25, -0.2) is 10.2 Å². The maximum absolute atomic E-state index is 12.3. The molecular formula is C16H24N6O5. The van der Waals surface area contributed by atoms with Crippen molar-refractivity contribution in [1.82, 2.24) is 20.1 Å². The Morgan fingerprint density at radius 2 is 1.96 bits per heavy atom. The molecule has 0 atom stereocenters. The highest BCUT2D eigenvalue weighted by Crippen LogP contribution is 2.13. The minimum Gasteiger partial charge on any atom is -0.400 e. The number of urea groups is 1. The number of nitrogens with one attached hydrogen (secondary N) is 1. The van der Waals surface area contributed by atoms with Gasteiger partial charge in [0.2, 0.25) is 0 Å². The first-order chi connectivity index (χ1) is 12.9. The highest BCUT2D eigenvalue weighted by Gasteiger charge is 2.24. The van der Waals surface area contributed by atoms with E-state index in [1.807, 2.05) is 18.7 Å². The quantitative estimate of drug-likeness (QED) is 0.422. The molecule has 1 aromatic heterocycles. The number of amides is 3. The number of hydrogen-bond acceptors (Lipinski definition) is 7. The van der Waals surface area contributed by atoms with Crippen LogP contribution in [0.2, 0.25) is 0 Å². The molecule has 0 radical (unpaired) electrons. The van der Waals surface area contributed by atoms with Crippen molar-refractivity contribution in [3.8, 4) is 0 Å². The maximum Gasteiger partial charge on any atom is 0.433 e. The van der Waals surface area contributed by atoms with E-state index in [-0.39, 0.29) is 30.1 Å². The third kappa shape index (κ3) is 5.78. The smallest absolute Gasteiger partial charge is 0.400 e. The van der Waals surface area contributed by atoms with Gasteiger partial charge in [-0.3, -0.25) is 19.8 Å². The molecule has 1 aliphatic rings. The number of nitrogens with zero attached hydrogens (tertiary/aromatic N) is 5. The van der Waals surface area contributed by atoms with Crippen molar-refractivity contribution >= 4 is 24.0 Å². The first-order valence-electron chi connectivity index (χ1n) is 8.76. The van der Waals surface area contributed by atoms with Gasteiger partial charge in [-0.2, -0.15) is 5.10 Å². The zero-order chi connectivity index (χ0) is 19.8. The highest BCUT2D eigenvalue weighted by atomic mass is 16.6. The zero-order valence-electron chi connectivity index (χ0n) is 15.5. The Bertz CT molecular complexity index is 691. The van der Waals surface area contributed by atoms with Gasteiger partial charge in [0.15, 0.2) is 5.76 Å². The molecule has 2 heterocycles. The van der Waals surface area contributed by atoms with E-state index < -0.39 is 4.92 Å². The summed E-state index contributed by atoms with van der Waals surface area (Å²) in [6.45, 7) is 7.76. The maximum atomic E-state index is 12.3. The molecule has 27 heavy (non-hydrogen) atoms. The summed E-state index contributed by atoms with van der Waals surface area (Å²) in [7, 11) is 0. The molecule has 0 spiro atoms. The number of hydrazone groups is 1. The van der Waals surface area contributed by atoms with E-state index in [4.69, 9.17) is 4.42 Å². The van der Waals surface area contributed by atoms with Crippen molar-refractivity contribution in [2.75, 3.05) is 45.8 Å². The van der Waals surface area contributed by atoms with Crippen LogP contribution in [-0.2, 0) is 4.79 Å². The fourth-order valence-corrected chi connectivity index (χ4v) is 2.71. The van der Waals surface area contributed by atoms with Gasteiger partial charge in [-0.1, -0.05) is 0 Å². The van der Waals surface area contributed by atoms with Crippen molar-refractivity contribution in [3.63, 3.8) is 0 Å². The summed E-state index contributed by atoms with van der Waals surface area (Å²) < 4.78 is 4.90. The summed E-state index contributed by atoms with van der Waals surface area (Å²) in [5.74, 6) is -0.527. The number of furan rings is 1. The summed E-state index contributed by atoms with van der Waals surface area (Å²) in [5, 5.41) is 14.2. The minimum atomic E-state index is -0.652. The van der Waals surface area contributed by atoms with Crippen molar-refractivity contribution < 1.29 is 18.9 Å². The predicted octanol–water partition coefficient (Wildman–Crippen LogP) is 0.717. The van der Waals surface area contributed by atoms with Gasteiger partial charge in [0.05, 0.1) is 18.8 Å².